The minimum Gasteiger partial charge on any atom is -0.496 e. The van der Waals surface area contributed by atoms with E-state index < -0.39 is 11.7 Å². The Balaban J connectivity index is 0.00000242. The second-order valence-electron chi connectivity index (χ2n) is 5.06. The van der Waals surface area contributed by atoms with Gasteiger partial charge < -0.3 is 14.8 Å². The molecule has 1 aliphatic heterocycles. The maximum Gasteiger partial charge on any atom is 0.420 e. The fourth-order valence-electron chi connectivity index (χ4n) is 2.68. The molecule has 1 atom stereocenters. The first-order chi connectivity index (χ1) is 9.97. The summed E-state index contributed by atoms with van der Waals surface area (Å²) >= 11 is 0. The molecule has 1 N–H and O–H groups in total. The number of hydrogen-bond acceptors (Lipinski definition) is 3. The van der Waals surface area contributed by atoms with E-state index in [4.69, 9.17) is 9.47 Å². The van der Waals surface area contributed by atoms with E-state index in [1.54, 1.807) is 6.92 Å². The fraction of sp³-hybridized carbons (Fsp3) is 0.600. The second-order valence-corrected chi connectivity index (χ2v) is 5.06. The molecule has 1 saturated heterocycles. The molecule has 22 heavy (non-hydrogen) atoms. The number of hydrogen-bond donors (Lipinski definition) is 1. The average Bonchev–Trinajstić information content (AvgIpc) is 2.47. The van der Waals surface area contributed by atoms with E-state index in [2.05, 4.69) is 5.32 Å². The van der Waals surface area contributed by atoms with E-state index >= 15 is 0 Å². The quantitative estimate of drug-likeness (QED) is 0.899. The monoisotopic (exact) mass is 339 g/mol. The van der Waals surface area contributed by atoms with E-state index in [1.165, 1.54) is 13.2 Å². The molecule has 0 saturated carbocycles. The predicted molar refractivity (Wildman–Crippen MR) is 81.3 cm³/mol. The van der Waals surface area contributed by atoms with Crippen LogP contribution in [0.1, 0.15) is 36.8 Å². The minimum atomic E-state index is -4.46. The molecule has 0 radical (unpaired) electrons. The van der Waals surface area contributed by atoms with Gasteiger partial charge in [-0.3, -0.25) is 0 Å². The Morgan fingerprint density at radius 2 is 2.00 bits per heavy atom. The lowest BCUT2D eigenvalue weighted by molar-refractivity contribution is -0.138. The third kappa shape index (κ3) is 4.20. The molecular weight excluding hydrogens is 319 g/mol. The zero-order chi connectivity index (χ0) is 15.5. The van der Waals surface area contributed by atoms with E-state index in [0.29, 0.717) is 12.4 Å². The van der Waals surface area contributed by atoms with Crippen molar-refractivity contribution in [1.29, 1.82) is 0 Å². The first-order valence-corrected chi connectivity index (χ1v) is 7.10. The summed E-state index contributed by atoms with van der Waals surface area (Å²) in [6.45, 7) is 3.78. The van der Waals surface area contributed by atoms with Gasteiger partial charge in [-0.25, -0.2) is 0 Å². The van der Waals surface area contributed by atoms with Crippen LogP contribution in [0.15, 0.2) is 12.1 Å². The molecule has 2 rings (SSSR count). The molecule has 1 fully saturated rings. The zero-order valence-corrected chi connectivity index (χ0v) is 13.4. The van der Waals surface area contributed by atoms with Crippen molar-refractivity contribution in [2.24, 2.45) is 0 Å². The Kier molecular flexibility index (Phi) is 6.81. The highest BCUT2D eigenvalue weighted by Gasteiger charge is 2.36. The standard InChI is InChI=1S/C15H20F3NO2.ClH/c1-3-21-13-8-12(15(16,17)18)14(20-2)7-11(13)10-5-4-6-19-9-10;/h7-8,10,19H,3-6,9H2,1-2H3;1H/t10-;/m1./s1. The first-order valence-electron chi connectivity index (χ1n) is 7.10. The van der Waals surface area contributed by atoms with Crippen LogP contribution in [-0.4, -0.2) is 26.8 Å². The summed E-state index contributed by atoms with van der Waals surface area (Å²) in [5.41, 5.74) is -0.00475. The van der Waals surface area contributed by atoms with E-state index in [9.17, 15) is 13.2 Å². The third-order valence-corrected chi connectivity index (χ3v) is 3.67. The summed E-state index contributed by atoms with van der Waals surface area (Å²) in [5, 5.41) is 3.27. The van der Waals surface area contributed by atoms with Gasteiger partial charge in [-0.05, 0) is 38.4 Å². The largest absolute Gasteiger partial charge is 0.496 e. The molecule has 7 heteroatoms. The normalized spacial score (nSPS) is 18.5. The molecule has 0 bridgehead atoms. The molecule has 1 heterocycles. The highest BCUT2D eigenvalue weighted by atomic mass is 35.5. The Morgan fingerprint density at radius 1 is 1.27 bits per heavy atom. The van der Waals surface area contributed by atoms with Gasteiger partial charge in [0.05, 0.1) is 13.7 Å². The van der Waals surface area contributed by atoms with Crippen molar-refractivity contribution in [3.8, 4) is 11.5 Å². The van der Waals surface area contributed by atoms with Gasteiger partial charge in [-0.1, -0.05) is 0 Å². The molecule has 0 unspecified atom stereocenters. The lowest BCUT2D eigenvalue weighted by atomic mass is 9.90. The van der Waals surface area contributed by atoms with Crippen molar-refractivity contribution >= 4 is 12.4 Å². The van der Waals surface area contributed by atoms with Gasteiger partial charge in [-0.2, -0.15) is 13.2 Å². The van der Waals surface area contributed by atoms with E-state index in [0.717, 1.165) is 37.6 Å². The molecule has 3 nitrogen and oxygen atoms in total. The van der Waals surface area contributed by atoms with Gasteiger partial charge in [0.2, 0.25) is 0 Å². The summed E-state index contributed by atoms with van der Waals surface area (Å²) in [6, 6.07) is 2.54. The van der Waals surface area contributed by atoms with Crippen LogP contribution in [0.2, 0.25) is 0 Å². The number of benzene rings is 1. The maximum atomic E-state index is 13.1. The van der Waals surface area contributed by atoms with Gasteiger partial charge >= 0.3 is 6.18 Å². The summed E-state index contributed by atoms with van der Waals surface area (Å²) in [5.74, 6) is 0.308. The van der Waals surface area contributed by atoms with E-state index in [1.807, 2.05) is 0 Å². The molecular formula is C15H21ClF3NO2. The number of alkyl halides is 3. The van der Waals surface area contributed by atoms with Crippen molar-refractivity contribution in [3.63, 3.8) is 0 Å². The summed E-state index contributed by atoms with van der Waals surface area (Å²) in [6.07, 6.45) is -2.53. The third-order valence-electron chi connectivity index (χ3n) is 3.67. The number of methoxy groups -OCH3 is 1. The number of nitrogens with one attached hydrogen (secondary N) is 1. The van der Waals surface area contributed by atoms with Crippen molar-refractivity contribution in [2.45, 2.75) is 31.9 Å². The number of piperidine rings is 1. The fourth-order valence-corrected chi connectivity index (χ4v) is 2.68. The van der Waals surface area contributed by atoms with Crippen molar-refractivity contribution in [3.05, 3.63) is 23.3 Å². The summed E-state index contributed by atoms with van der Waals surface area (Å²) in [7, 11) is 1.26. The van der Waals surface area contributed by atoms with Gasteiger partial charge in [0.1, 0.15) is 17.1 Å². The van der Waals surface area contributed by atoms with E-state index in [-0.39, 0.29) is 24.1 Å². The highest BCUT2D eigenvalue weighted by Crippen LogP contribution is 2.43. The molecule has 1 aliphatic rings. The Bertz CT molecular complexity index is 488. The number of halogens is 4. The molecule has 1 aromatic rings. The van der Waals surface area contributed by atoms with Crippen LogP contribution >= 0.6 is 12.4 Å². The Hall–Kier alpha value is -1.14. The van der Waals surface area contributed by atoms with Crippen LogP contribution in [0, 0.1) is 0 Å². The zero-order valence-electron chi connectivity index (χ0n) is 12.6. The molecule has 0 amide bonds. The van der Waals surface area contributed by atoms with Gasteiger partial charge in [0, 0.05) is 18.0 Å². The van der Waals surface area contributed by atoms with Crippen molar-refractivity contribution < 1.29 is 22.6 Å². The van der Waals surface area contributed by atoms with Crippen LogP contribution in [0.25, 0.3) is 0 Å². The lowest BCUT2D eigenvalue weighted by Gasteiger charge is -2.26. The highest BCUT2D eigenvalue weighted by molar-refractivity contribution is 5.85. The molecule has 0 spiro atoms. The predicted octanol–water partition coefficient (Wildman–Crippen LogP) is 4.00. The van der Waals surface area contributed by atoms with Crippen LogP contribution in [0.4, 0.5) is 13.2 Å². The Labute approximate surface area is 134 Å². The van der Waals surface area contributed by atoms with Crippen molar-refractivity contribution in [1.82, 2.24) is 5.32 Å². The topological polar surface area (TPSA) is 30.5 Å². The van der Waals surface area contributed by atoms with Gasteiger partial charge in [0.25, 0.3) is 0 Å². The summed E-state index contributed by atoms with van der Waals surface area (Å²) in [4.78, 5) is 0. The van der Waals surface area contributed by atoms with Gasteiger partial charge in [-0.15, -0.1) is 12.4 Å². The van der Waals surface area contributed by atoms with Gasteiger partial charge in [0.15, 0.2) is 0 Å². The SMILES string of the molecule is CCOc1cc(C(F)(F)F)c(OC)cc1[C@@H]1CCCNC1.Cl. The van der Waals surface area contributed by atoms with Crippen molar-refractivity contribution in [2.75, 3.05) is 26.8 Å². The number of ether oxygens (including phenoxy) is 2. The number of rotatable bonds is 4. The van der Waals surface area contributed by atoms with Crippen LogP contribution in [-0.2, 0) is 6.18 Å². The first kappa shape index (κ1) is 18.9. The lowest BCUT2D eigenvalue weighted by Crippen LogP contribution is -2.28. The molecule has 0 aromatic heterocycles. The van der Waals surface area contributed by atoms with Crippen LogP contribution in [0.5, 0.6) is 11.5 Å². The molecule has 1 aromatic carbocycles. The smallest absolute Gasteiger partial charge is 0.420 e. The maximum absolute atomic E-state index is 13.1. The second kappa shape index (κ2) is 7.92. The summed E-state index contributed by atoms with van der Waals surface area (Å²) < 4.78 is 49.6. The average molecular weight is 340 g/mol. The molecule has 126 valence electrons. The van der Waals surface area contributed by atoms with Crippen LogP contribution in [0.3, 0.4) is 0 Å². The minimum absolute atomic E-state index is 0. The van der Waals surface area contributed by atoms with Crippen LogP contribution < -0.4 is 14.8 Å². The molecule has 0 aliphatic carbocycles. The Morgan fingerprint density at radius 3 is 2.50 bits per heavy atom.